The molecule has 14 nitrogen and oxygen atoms in total. The lowest BCUT2D eigenvalue weighted by Crippen LogP contribution is -2.31. The van der Waals surface area contributed by atoms with E-state index >= 15 is 0 Å². The fourth-order valence-corrected chi connectivity index (χ4v) is 3.33. The predicted octanol–water partition coefficient (Wildman–Crippen LogP) is 3.38. The van der Waals surface area contributed by atoms with E-state index in [2.05, 4.69) is 33.2 Å². The number of esters is 2. The van der Waals surface area contributed by atoms with Crippen LogP contribution in [0.1, 0.15) is 25.0 Å². The first-order valence-electron chi connectivity index (χ1n) is 12.3. The van der Waals surface area contributed by atoms with Gasteiger partial charge in [-0.25, -0.2) is 24.5 Å². The molecule has 0 aliphatic rings. The Hall–Kier alpha value is -4.47. The summed E-state index contributed by atoms with van der Waals surface area (Å²) in [6.45, 7) is 9.77. The Morgan fingerprint density at radius 3 is 1.79 bits per heavy atom. The van der Waals surface area contributed by atoms with Crippen LogP contribution in [-0.2, 0) is 49.2 Å². The first kappa shape index (κ1) is 33.7. The molecule has 2 atom stereocenters. The van der Waals surface area contributed by atoms with Crippen LogP contribution in [0.4, 0.5) is 4.79 Å². The fraction of sp³-hybridized carbons (Fsp3) is 0.321. The third kappa shape index (κ3) is 11.6. The Morgan fingerprint density at radius 1 is 0.786 bits per heavy atom. The number of carbonyl (C=O) groups excluding carboxylic acids is 3. The van der Waals surface area contributed by atoms with Crippen LogP contribution in [0.25, 0.3) is 0 Å². The van der Waals surface area contributed by atoms with Crippen molar-refractivity contribution in [3.05, 3.63) is 85.0 Å². The van der Waals surface area contributed by atoms with Crippen molar-refractivity contribution < 1.29 is 68.4 Å². The second-order valence-electron chi connectivity index (χ2n) is 8.90. The van der Waals surface area contributed by atoms with Crippen molar-refractivity contribution in [2.45, 2.75) is 31.5 Å². The second kappa shape index (κ2) is 17.4. The van der Waals surface area contributed by atoms with Gasteiger partial charge >= 0.3 is 18.1 Å². The first-order chi connectivity index (χ1) is 20.1. The van der Waals surface area contributed by atoms with E-state index in [-0.39, 0.29) is 26.4 Å². The van der Waals surface area contributed by atoms with E-state index < -0.39 is 35.7 Å². The van der Waals surface area contributed by atoms with E-state index in [4.69, 9.17) is 28.9 Å². The molecule has 0 fully saturated rings. The molecule has 0 amide bonds. The van der Waals surface area contributed by atoms with Crippen LogP contribution in [0.3, 0.4) is 0 Å². The maximum Gasteiger partial charge on any atom is 0.543 e. The topological polar surface area (TPSA) is 175 Å². The van der Waals surface area contributed by atoms with Crippen molar-refractivity contribution in [2.24, 2.45) is 0 Å². The standard InChI is InChI=1S/C28H32O14/c1-5-25(30)36-16-21(29)15-34-22-11-7-19(8-12-22)28(3,4)20-9-13-23(14-10-20)35-17-24(18-37-26(31)6-2)38-27(32)39-41-42-40-33/h5-14,21,24,29,33H,1-2,15-18H2,3-4H3. The molecule has 2 rings (SSSR count). The molecule has 0 saturated carbocycles. The third-order valence-electron chi connectivity index (χ3n) is 5.62. The van der Waals surface area contributed by atoms with Gasteiger partial charge in [0.1, 0.15) is 44.0 Å². The number of hydrogen-bond donors (Lipinski definition) is 2. The smallest absolute Gasteiger partial charge is 0.491 e. The lowest BCUT2D eigenvalue weighted by molar-refractivity contribution is -0.691. The summed E-state index contributed by atoms with van der Waals surface area (Å²) in [5, 5.41) is 28.2. The molecule has 14 heteroatoms. The van der Waals surface area contributed by atoms with E-state index in [0.29, 0.717) is 11.5 Å². The lowest BCUT2D eigenvalue weighted by atomic mass is 9.78. The average Bonchev–Trinajstić information content (AvgIpc) is 3.00. The Kier molecular flexibility index (Phi) is 13.9. The van der Waals surface area contributed by atoms with Crippen LogP contribution in [0.2, 0.25) is 0 Å². The van der Waals surface area contributed by atoms with E-state index in [1.165, 1.54) is 0 Å². The number of ether oxygens (including phenoxy) is 5. The van der Waals surface area contributed by atoms with Crippen LogP contribution in [0.15, 0.2) is 73.8 Å². The molecule has 228 valence electrons. The van der Waals surface area contributed by atoms with Crippen molar-refractivity contribution in [1.82, 2.24) is 0 Å². The zero-order valence-corrected chi connectivity index (χ0v) is 23.0. The number of rotatable bonds is 18. The highest BCUT2D eigenvalue weighted by molar-refractivity contribution is 5.81. The lowest BCUT2D eigenvalue weighted by Gasteiger charge is -2.26. The van der Waals surface area contributed by atoms with Gasteiger partial charge in [-0.05, 0) is 40.4 Å². The van der Waals surface area contributed by atoms with Crippen LogP contribution in [-0.4, -0.2) is 67.1 Å². The first-order valence-corrected chi connectivity index (χ1v) is 12.3. The van der Waals surface area contributed by atoms with Gasteiger partial charge in [-0.1, -0.05) is 51.3 Å². The number of aliphatic hydroxyl groups excluding tert-OH is 1. The van der Waals surface area contributed by atoms with Gasteiger partial charge in [0, 0.05) is 27.6 Å². The van der Waals surface area contributed by atoms with Crippen molar-refractivity contribution >= 4 is 18.1 Å². The van der Waals surface area contributed by atoms with Crippen LogP contribution in [0.5, 0.6) is 11.5 Å². The van der Waals surface area contributed by atoms with Gasteiger partial charge in [0.15, 0.2) is 6.10 Å². The normalized spacial score (nSPS) is 12.3. The Labute approximate surface area is 241 Å². The molecule has 0 heterocycles. The van der Waals surface area contributed by atoms with Crippen molar-refractivity contribution in [1.29, 1.82) is 0 Å². The molecule has 2 aromatic carbocycles. The predicted molar refractivity (Wildman–Crippen MR) is 142 cm³/mol. The van der Waals surface area contributed by atoms with Crippen LogP contribution >= 0.6 is 0 Å². The monoisotopic (exact) mass is 592 g/mol. The number of aliphatic hydroxyl groups is 1. The maximum atomic E-state index is 11.6. The summed E-state index contributed by atoms with van der Waals surface area (Å²) in [5.74, 6) is -0.408. The summed E-state index contributed by atoms with van der Waals surface area (Å²) < 4.78 is 25.8. The molecule has 0 saturated heterocycles. The van der Waals surface area contributed by atoms with Gasteiger partial charge < -0.3 is 28.8 Å². The molecule has 0 bridgehead atoms. The Bertz CT molecular complexity index is 1160. The van der Waals surface area contributed by atoms with E-state index in [1.54, 1.807) is 24.3 Å². The zero-order valence-electron chi connectivity index (χ0n) is 23.0. The van der Waals surface area contributed by atoms with Gasteiger partial charge in [-0.2, -0.15) is 0 Å². The highest BCUT2D eigenvalue weighted by Gasteiger charge is 2.24. The summed E-state index contributed by atoms with van der Waals surface area (Å²) in [6.07, 6.45) is -1.55. The van der Waals surface area contributed by atoms with E-state index in [0.717, 1.165) is 23.3 Å². The molecule has 0 aromatic heterocycles. The van der Waals surface area contributed by atoms with Gasteiger partial charge in [-0.3, -0.25) is 0 Å². The summed E-state index contributed by atoms with van der Waals surface area (Å²) in [7, 11) is 0. The summed E-state index contributed by atoms with van der Waals surface area (Å²) in [5.41, 5.74) is 1.53. The van der Waals surface area contributed by atoms with Gasteiger partial charge in [0.2, 0.25) is 0 Å². The molecular weight excluding hydrogens is 560 g/mol. The minimum Gasteiger partial charge on any atom is -0.491 e. The molecule has 2 aromatic rings. The number of carbonyl (C=O) groups is 3. The highest BCUT2D eigenvalue weighted by atomic mass is 17.8. The average molecular weight is 593 g/mol. The van der Waals surface area contributed by atoms with Crippen molar-refractivity contribution in [2.75, 3.05) is 26.4 Å². The molecule has 2 N–H and O–H groups in total. The minimum absolute atomic E-state index is 0.0563. The van der Waals surface area contributed by atoms with Gasteiger partial charge in [0.05, 0.1) is 0 Å². The largest absolute Gasteiger partial charge is 0.543 e. The second-order valence-corrected chi connectivity index (χ2v) is 8.90. The number of hydrogen-bond acceptors (Lipinski definition) is 14. The highest BCUT2D eigenvalue weighted by Crippen LogP contribution is 2.33. The summed E-state index contributed by atoms with van der Waals surface area (Å²) in [6, 6.07) is 14.5. The minimum atomic E-state index is -1.39. The van der Waals surface area contributed by atoms with Gasteiger partial charge in [-0.15, -0.1) is 0 Å². The van der Waals surface area contributed by atoms with E-state index in [9.17, 15) is 19.5 Å². The molecule has 0 aliphatic carbocycles. The quantitative estimate of drug-likeness (QED) is 0.0643. The number of benzene rings is 2. The summed E-state index contributed by atoms with van der Waals surface area (Å²) >= 11 is 0. The van der Waals surface area contributed by atoms with Crippen molar-refractivity contribution in [3.8, 4) is 11.5 Å². The SMILES string of the molecule is C=CC(=O)OCC(O)COc1ccc(C(C)(C)c2ccc(OCC(COC(=O)C=C)OC(=O)OOOOO)cc2)cc1. The Balaban J connectivity index is 1.96. The summed E-state index contributed by atoms with van der Waals surface area (Å²) in [4.78, 5) is 38.2. The van der Waals surface area contributed by atoms with Crippen molar-refractivity contribution in [3.63, 3.8) is 0 Å². The van der Waals surface area contributed by atoms with Gasteiger partial charge in [0.25, 0.3) is 0 Å². The fourth-order valence-electron chi connectivity index (χ4n) is 3.33. The van der Waals surface area contributed by atoms with Crippen LogP contribution < -0.4 is 9.47 Å². The van der Waals surface area contributed by atoms with Crippen LogP contribution in [0, 0.1) is 0 Å². The third-order valence-corrected chi connectivity index (χ3v) is 5.62. The molecule has 2 unspecified atom stereocenters. The molecule has 0 radical (unpaired) electrons. The molecule has 0 spiro atoms. The zero-order chi connectivity index (χ0) is 31.0. The maximum absolute atomic E-state index is 11.6. The molecule has 0 aliphatic heterocycles. The van der Waals surface area contributed by atoms with E-state index in [1.807, 2.05) is 38.1 Å². The molecular formula is C28H32O14. The Morgan fingerprint density at radius 2 is 1.29 bits per heavy atom. The molecule has 42 heavy (non-hydrogen) atoms.